The van der Waals surface area contributed by atoms with Crippen molar-refractivity contribution in [2.24, 2.45) is 13.0 Å². The molecule has 3 heterocycles. The van der Waals surface area contributed by atoms with Gasteiger partial charge < -0.3 is 24.3 Å². The number of benzene rings is 4. The van der Waals surface area contributed by atoms with Gasteiger partial charge in [0.05, 0.1) is 27.3 Å². The Balaban J connectivity index is 0.831. The molecule has 2 fully saturated rings. The lowest BCUT2D eigenvalue weighted by Crippen LogP contribution is -2.40. The normalized spacial score (nSPS) is 16.9. The number of carbonyl (C=O) groups excluding carboxylic acids is 1. The Morgan fingerprint density at radius 3 is 2.34 bits per heavy atom. The van der Waals surface area contributed by atoms with Gasteiger partial charge in [-0.1, -0.05) is 42.8 Å². The molecule has 0 radical (unpaired) electrons. The number of nitriles is 1. The molecule has 1 aliphatic heterocycles. The van der Waals surface area contributed by atoms with Crippen molar-refractivity contribution < 1.29 is 27.1 Å². The van der Waals surface area contributed by atoms with Crippen LogP contribution in [-0.4, -0.2) is 60.1 Å². The van der Waals surface area contributed by atoms with Crippen molar-refractivity contribution in [1.82, 2.24) is 20.1 Å². The number of anilines is 1. The van der Waals surface area contributed by atoms with E-state index in [9.17, 15) is 18.0 Å². The third kappa shape index (κ3) is 9.91. The molecule has 2 aliphatic rings. The molecule has 1 N–H and O–H groups in total. The van der Waals surface area contributed by atoms with Gasteiger partial charge in [-0.3, -0.25) is 9.59 Å². The highest BCUT2D eigenvalue weighted by molar-refractivity contribution is 7.91. The first kappa shape index (κ1) is 44.3. The van der Waals surface area contributed by atoms with Crippen molar-refractivity contribution in [2.45, 2.75) is 75.3 Å². The number of aryl methyl sites for hydroxylation is 2. The summed E-state index contributed by atoms with van der Waals surface area (Å²) in [6.45, 7) is 3.12. The number of aromatic nitrogens is 3. The average molecular weight is 903 g/mol. The van der Waals surface area contributed by atoms with Crippen molar-refractivity contribution in [3.8, 4) is 34.4 Å². The summed E-state index contributed by atoms with van der Waals surface area (Å²) in [6.07, 6.45) is 7.91. The summed E-state index contributed by atoms with van der Waals surface area (Å²) in [5, 5.41) is 22.3. The molecule has 1 aliphatic carbocycles. The molecule has 8 rings (SSSR count). The molecule has 15 heteroatoms. The van der Waals surface area contributed by atoms with E-state index in [4.69, 9.17) is 26.3 Å². The molecule has 1 saturated heterocycles. The lowest BCUT2D eigenvalue weighted by atomic mass is 9.90. The highest BCUT2D eigenvalue weighted by atomic mass is 35.5. The molecular formula is C49H48ClFN6O6S. The standard InChI is InChI=1S/C49H48ClFN6O6S/c1-3-64(60,61)38-18-20-46(41(28-38)42-30-56(2)49(59)40-7-5-4-6-39(40)42)63-37-14-10-32(44(51)27-37)9-8-31-22-24-57(25-23-31)47-21-19-45(54-55-47)48(58)53-34-12-16-35(17-13-34)62-36-15-11-33(29-52)43(50)26-36/h4-7,10-11,14-15,18-21,26-28,30-31,34-35H,3,8-9,12-13,16-17,22-25H2,1-2H3,(H,53,58)/t34-,35-. The Morgan fingerprint density at radius 2 is 1.66 bits per heavy atom. The van der Waals surface area contributed by atoms with E-state index in [-0.39, 0.29) is 51.5 Å². The van der Waals surface area contributed by atoms with Crippen LogP contribution in [-0.2, 0) is 23.3 Å². The maximum Gasteiger partial charge on any atom is 0.272 e. The minimum Gasteiger partial charge on any atom is -0.490 e. The molecule has 0 atom stereocenters. The third-order valence-corrected chi connectivity index (χ3v) is 14.4. The van der Waals surface area contributed by atoms with Crippen LogP contribution in [0.1, 0.15) is 73.5 Å². The summed E-state index contributed by atoms with van der Waals surface area (Å²) in [7, 11) is -1.93. The molecule has 0 spiro atoms. The molecule has 64 heavy (non-hydrogen) atoms. The number of nitrogens with one attached hydrogen (secondary N) is 1. The minimum absolute atomic E-state index is 0.000112. The van der Waals surface area contributed by atoms with Crippen molar-refractivity contribution in [2.75, 3.05) is 23.7 Å². The van der Waals surface area contributed by atoms with Crippen molar-refractivity contribution in [3.63, 3.8) is 0 Å². The Morgan fingerprint density at radius 1 is 0.906 bits per heavy atom. The molecule has 12 nitrogen and oxygen atoms in total. The Hall–Kier alpha value is -6.30. The van der Waals surface area contributed by atoms with E-state index in [2.05, 4.69) is 20.4 Å². The van der Waals surface area contributed by atoms with E-state index in [0.717, 1.165) is 58.0 Å². The molecule has 4 aromatic carbocycles. The zero-order chi connectivity index (χ0) is 45.0. The first-order valence-corrected chi connectivity index (χ1v) is 23.6. The predicted molar refractivity (Wildman–Crippen MR) is 244 cm³/mol. The van der Waals surface area contributed by atoms with Gasteiger partial charge in [-0.05, 0) is 123 Å². The number of hydrogen-bond donors (Lipinski definition) is 1. The van der Waals surface area contributed by atoms with Gasteiger partial charge >= 0.3 is 0 Å². The predicted octanol–water partition coefficient (Wildman–Crippen LogP) is 9.21. The van der Waals surface area contributed by atoms with Crippen LogP contribution in [0.2, 0.25) is 5.02 Å². The smallest absolute Gasteiger partial charge is 0.272 e. The number of fused-ring (bicyclic) bond motifs is 1. The van der Waals surface area contributed by atoms with E-state index >= 15 is 4.39 Å². The molecule has 1 amide bonds. The second kappa shape index (κ2) is 19.2. The number of sulfone groups is 1. The fourth-order valence-electron chi connectivity index (χ4n) is 8.58. The average Bonchev–Trinajstić information content (AvgIpc) is 3.31. The van der Waals surface area contributed by atoms with E-state index in [1.165, 1.54) is 16.7 Å². The van der Waals surface area contributed by atoms with E-state index in [1.54, 1.807) is 80.8 Å². The van der Waals surface area contributed by atoms with E-state index in [0.29, 0.717) is 67.7 Å². The van der Waals surface area contributed by atoms with Gasteiger partial charge in [0.2, 0.25) is 0 Å². The summed E-state index contributed by atoms with van der Waals surface area (Å²) in [5.41, 5.74) is 2.15. The molecular weight excluding hydrogens is 855 g/mol. The van der Waals surface area contributed by atoms with Crippen molar-refractivity contribution in [3.05, 3.63) is 135 Å². The molecule has 1 saturated carbocycles. The van der Waals surface area contributed by atoms with Crippen molar-refractivity contribution >= 4 is 43.9 Å². The van der Waals surface area contributed by atoms with Gasteiger partial charge in [-0.25, -0.2) is 12.8 Å². The first-order valence-electron chi connectivity index (χ1n) is 21.6. The number of halogens is 2. The minimum atomic E-state index is -3.57. The van der Waals surface area contributed by atoms with Crippen LogP contribution in [0.3, 0.4) is 0 Å². The largest absolute Gasteiger partial charge is 0.490 e. The molecule has 6 aromatic rings. The van der Waals surface area contributed by atoms with E-state index in [1.807, 2.05) is 24.3 Å². The summed E-state index contributed by atoms with van der Waals surface area (Å²) < 4.78 is 55.4. The zero-order valence-electron chi connectivity index (χ0n) is 35.6. The second-order valence-corrected chi connectivity index (χ2v) is 19.2. The van der Waals surface area contributed by atoms with Crippen LogP contribution >= 0.6 is 11.6 Å². The topological polar surface area (TPSA) is 157 Å². The number of amides is 1. The van der Waals surface area contributed by atoms with Crippen LogP contribution in [0, 0.1) is 23.1 Å². The number of carbonyl (C=O) groups is 1. The number of ether oxygens (including phenoxy) is 2. The number of nitrogens with zero attached hydrogens (tertiary/aromatic N) is 5. The lowest BCUT2D eigenvalue weighted by Gasteiger charge is -2.32. The number of piperidine rings is 1. The van der Waals surface area contributed by atoms with Gasteiger partial charge in [0.15, 0.2) is 21.3 Å². The summed E-state index contributed by atoms with van der Waals surface area (Å²) >= 11 is 6.15. The fourth-order valence-corrected chi connectivity index (χ4v) is 9.70. The van der Waals surface area contributed by atoms with Gasteiger partial charge in [-0.15, -0.1) is 10.2 Å². The summed E-state index contributed by atoms with van der Waals surface area (Å²) in [5.74, 6) is 1.60. The van der Waals surface area contributed by atoms with Gasteiger partial charge in [0.1, 0.15) is 29.1 Å². The molecule has 0 bridgehead atoms. The second-order valence-electron chi connectivity index (χ2n) is 16.5. The van der Waals surface area contributed by atoms with E-state index < -0.39 is 9.84 Å². The lowest BCUT2D eigenvalue weighted by molar-refractivity contribution is 0.0888. The maximum absolute atomic E-state index is 15.7. The Kier molecular flexibility index (Phi) is 13.3. The zero-order valence-corrected chi connectivity index (χ0v) is 37.2. The molecule has 2 aromatic heterocycles. The number of rotatable bonds is 13. The Labute approximate surface area is 376 Å². The maximum atomic E-state index is 15.7. The summed E-state index contributed by atoms with van der Waals surface area (Å²) in [4.78, 5) is 28.3. The van der Waals surface area contributed by atoms with Crippen LogP contribution in [0.15, 0.2) is 107 Å². The first-order chi connectivity index (χ1) is 30.9. The highest BCUT2D eigenvalue weighted by Crippen LogP contribution is 2.39. The monoisotopic (exact) mass is 902 g/mol. The van der Waals surface area contributed by atoms with Gasteiger partial charge in [0.25, 0.3) is 11.5 Å². The Bertz CT molecular complexity index is 2910. The SMILES string of the molecule is CCS(=O)(=O)c1ccc(Oc2ccc(CCC3CCN(c4ccc(C(=O)N[C@H]5CC[C@H](Oc6ccc(C#N)c(Cl)c6)CC5)nn4)CC3)c(F)c2)c(-c2cn(C)c(=O)c3ccccc23)c1. The molecule has 0 unspecified atom stereocenters. The summed E-state index contributed by atoms with van der Waals surface area (Å²) in [6, 6.07) is 27.2. The van der Waals surface area contributed by atoms with Crippen molar-refractivity contribution in [1.29, 1.82) is 5.26 Å². The number of pyridine rings is 1. The fraction of sp³-hybridized carbons (Fsp3) is 0.327. The highest BCUT2D eigenvalue weighted by Gasteiger charge is 2.26. The van der Waals surface area contributed by atoms with Crippen LogP contribution in [0.25, 0.3) is 21.9 Å². The van der Waals surface area contributed by atoms with Gasteiger partial charge in [0, 0.05) is 61.0 Å². The van der Waals surface area contributed by atoms with Crippen LogP contribution < -0.4 is 25.2 Å². The van der Waals surface area contributed by atoms with Gasteiger partial charge in [-0.2, -0.15) is 5.26 Å². The van der Waals surface area contributed by atoms with Crippen LogP contribution in [0.5, 0.6) is 17.2 Å². The van der Waals surface area contributed by atoms with Crippen LogP contribution in [0.4, 0.5) is 10.2 Å². The number of hydrogen-bond acceptors (Lipinski definition) is 10. The third-order valence-electron chi connectivity index (χ3n) is 12.3. The quantitative estimate of drug-likeness (QED) is 0.119. The molecule has 330 valence electrons.